The van der Waals surface area contributed by atoms with E-state index < -0.39 is 27.9 Å². The van der Waals surface area contributed by atoms with Gasteiger partial charge < -0.3 is 19.5 Å². The van der Waals surface area contributed by atoms with Crippen molar-refractivity contribution in [2.75, 3.05) is 39.7 Å². The summed E-state index contributed by atoms with van der Waals surface area (Å²) in [4.78, 5) is 36.9. The van der Waals surface area contributed by atoms with Crippen LogP contribution in [-0.2, 0) is 24.3 Å². The molecule has 0 bridgehead atoms. The summed E-state index contributed by atoms with van der Waals surface area (Å²) in [5.74, 6) is -1.55. The van der Waals surface area contributed by atoms with Crippen molar-refractivity contribution in [3.05, 3.63) is 53.6 Å². The number of sulfonamides is 1. The van der Waals surface area contributed by atoms with Crippen LogP contribution in [0.3, 0.4) is 0 Å². The van der Waals surface area contributed by atoms with Crippen molar-refractivity contribution in [2.45, 2.75) is 17.7 Å². The van der Waals surface area contributed by atoms with Crippen molar-refractivity contribution in [2.24, 2.45) is 5.92 Å². The van der Waals surface area contributed by atoms with E-state index in [2.05, 4.69) is 5.32 Å². The van der Waals surface area contributed by atoms with E-state index in [0.717, 1.165) is 0 Å². The number of rotatable bonds is 7. The van der Waals surface area contributed by atoms with Gasteiger partial charge in [-0.3, -0.25) is 4.79 Å². The molecule has 1 heterocycles. The third-order valence-corrected chi connectivity index (χ3v) is 7.48. The number of hydrogen-bond donors (Lipinski definition) is 1. The summed E-state index contributed by atoms with van der Waals surface area (Å²) in [6.45, 7) is 0.365. The molecule has 0 atom stereocenters. The third kappa shape index (κ3) is 5.54. The van der Waals surface area contributed by atoms with Gasteiger partial charge in [0.25, 0.3) is 0 Å². The zero-order chi connectivity index (χ0) is 24.9. The molecule has 1 aliphatic heterocycles. The van der Waals surface area contributed by atoms with Crippen LogP contribution < -0.4 is 10.1 Å². The summed E-state index contributed by atoms with van der Waals surface area (Å²) in [6.07, 6.45) is 0.642. The lowest BCUT2D eigenvalue weighted by atomic mass is 9.97. The fourth-order valence-corrected chi connectivity index (χ4v) is 5.14. The van der Waals surface area contributed by atoms with Gasteiger partial charge in [-0.25, -0.2) is 18.0 Å². The first-order valence-corrected chi connectivity index (χ1v) is 11.9. The zero-order valence-electron chi connectivity index (χ0n) is 19.1. The summed E-state index contributed by atoms with van der Waals surface area (Å²) >= 11 is 0. The molecule has 3 rings (SSSR count). The monoisotopic (exact) mass is 490 g/mol. The number of hydrogen-bond acceptors (Lipinski definition) is 8. The van der Waals surface area contributed by atoms with Gasteiger partial charge in [0.15, 0.2) is 0 Å². The molecular formula is C23H26N2O8S. The summed E-state index contributed by atoms with van der Waals surface area (Å²) in [6, 6.07) is 10.3. The molecule has 0 saturated carbocycles. The number of carbonyl (C=O) groups is 3. The van der Waals surface area contributed by atoms with Gasteiger partial charge in [0.2, 0.25) is 15.9 Å². The van der Waals surface area contributed by atoms with Crippen LogP contribution in [-0.4, -0.2) is 65.0 Å². The van der Waals surface area contributed by atoms with E-state index in [-0.39, 0.29) is 40.7 Å². The average molecular weight is 491 g/mol. The van der Waals surface area contributed by atoms with E-state index in [4.69, 9.17) is 14.2 Å². The van der Waals surface area contributed by atoms with Gasteiger partial charge in [0.05, 0.1) is 37.4 Å². The molecule has 34 heavy (non-hydrogen) atoms. The molecule has 10 nitrogen and oxygen atoms in total. The molecule has 1 N–H and O–H groups in total. The summed E-state index contributed by atoms with van der Waals surface area (Å²) in [5.41, 5.74) is 0.406. The van der Waals surface area contributed by atoms with Crippen molar-refractivity contribution in [1.29, 1.82) is 0 Å². The minimum atomic E-state index is -3.69. The Bertz CT molecular complexity index is 1140. The number of benzene rings is 2. The highest BCUT2D eigenvalue weighted by atomic mass is 32.2. The van der Waals surface area contributed by atoms with E-state index in [1.165, 1.54) is 56.0 Å². The topological polar surface area (TPSA) is 128 Å². The van der Waals surface area contributed by atoms with Crippen molar-refractivity contribution in [3.8, 4) is 5.75 Å². The standard InChI is InChI=1S/C23H26N2O8S/c1-31-19-4-6-20(7-5-19)34(29,30)25-10-8-15(9-11-25)21(26)24-18-13-16(22(27)32-2)12-17(14-18)23(28)33-3/h4-7,12-15H,8-11H2,1-3H3,(H,24,26). The Morgan fingerprint density at radius 1 is 0.882 bits per heavy atom. The lowest BCUT2D eigenvalue weighted by molar-refractivity contribution is -0.120. The number of nitrogens with one attached hydrogen (secondary N) is 1. The molecule has 0 spiro atoms. The zero-order valence-corrected chi connectivity index (χ0v) is 19.9. The number of piperidine rings is 1. The van der Waals surface area contributed by atoms with E-state index in [9.17, 15) is 22.8 Å². The van der Waals surface area contributed by atoms with Crippen LogP contribution in [0.5, 0.6) is 5.75 Å². The fraction of sp³-hybridized carbons (Fsp3) is 0.348. The molecule has 1 amide bonds. The Morgan fingerprint density at radius 2 is 1.41 bits per heavy atom. The van der Waals surface area contributed by atoms with Gasteiger partial charge in [0, 0.05) is 24.7 Å². The molecule has 11 heteroatoms. The minimum absolute atomic E-state index is 0.0844. The average Bonchev–Trinajstić information content (AvgIpc) is 2.87. The summed E-state index contributed by atoms with van der Waals surface area (Å²) in [5, 5.41) is 2.71. The molecule has 2 aromatic carbocycles. The van der Waals surface area contributed by atoms with E-state index in [0.29, 0.717) is 18.6 Å². The van der Waals surface area contributed by atoms with Crippen molar-refractivity contribution in [1.82, 2.24) is 4.31 Å². The first-order valence-electron chi connectivity index (χ1n) is 10.5. The Kier molecular flexibility index (Phi) is 7.90. The van der Waals surface area contributed by atoms with Crippen molar-refractivity contribution in [3.63, 3.8) is 0 Å². The molecule has 0 radical (unpaired) electrons. The van der Waals surface area contributed by atoms with Gasteiger partial charge in [0.1, 0.15) is 5.75 Å². The van der Waals surface area contributed by atoms with E-state index >= 15 is 0 Å². The highest BCUT2D eigenvalue weighted by molar-refractivity contribution is 7.89. The second-order valence-corrected chi connectivity index (χ2v) is 9.56. The van der Waals surface area contributed by atoms with Gasteiger partial charge in [-0.1, -0.05) is 0 Å². The molecule has 0 aromatic heterocycles. The quantitative estimate of drug-likeness (QED) is 0.586. The van der Waals surface area contributed by atoms with Crippen molar-refractivity contribution >= 4 is 33.6 Å². The van der Waals surface area contributed by atoms with E-state index in [1.54, 1.807) is 12.1 Å². The SMILES string of the molecule is COC(=O)c1cc(NC(=O)C2CCN(S(=O)(=O)c3ccc(OC)cc3)CC2)cc(C(=O)OC)c1. The van der Waals surface area contributed by atoms with Gasteiger partial charge >= 0.3 is 11.9 Å². The number of carbonyl (C=O) groups excluding carboxylic acids is 3. The number of nitrogens with zero attached hydrogens (tertiary/aromatic N) is 1. The van der Waals surface area contributed by atoms with Gasteiger partial charge in [-0.2, -0.15) is 4.31 Å². The normalized spacial score (nSPS) is 14.8. The number of esters is 2. The maximum absolute atomic E-state index is 12.9. The van der Waals surface area contributed by atoms with E-state index in [1.807, 2.05) is 0 Å². The first kappa shape index (κ1) is 25.2. The van der Waals surface area contributed by atoms with Crippen LogP contribution in [0.4, 0.5) is 5.69 Å². The molecule has 1 saturated heterocycles. The lowest BCUT2D eigenvalue weighted by Crippen LogP contribution is -2.41. The number of ether oxygens (including phenoxy) is 3. The fourth-order valence-electron chi connectivity index (χ4n) is 3.67. The number of amides is 1. The largest absolute Gasteiger partial charge is 0.497 e. The first-order chi connectivity index (χ1) is 16.2. The van der Waals surface area contributed by atoms with Gasteiger partial charge in [-0.05, 0) is 55.3 Å². The van der Waals surface area contributed by atoms with Gasteiger partial charge in [-0.15, -0.1) is 0 Å². The second-order valence-electron chi connectivity index (χ2n) is 7.63. The molecule has 1 aliphatic rings. The summed E-state index contributed by atoms with van der Waals surface area (Å²) < 4.78 is 41.6. The van der Waals surface area contributed by atoms with Crippen LogP contribution in [0, 0.1) is 5.92 Å². The maximum Gasteiger partial charge on any atom is 0.337 e. The molecule has 182 valence electrons. The molecule has 0 aliphatic carbocycles. The second kappa shape index (κ2) is 10.7. The lowest BCUT2D eigenvalue weighted by Gasteiger charge is -2.30. The predicted octanol–water partition coefficient (Wildman–Crippen LogP) is 2.31. The number of methoxy groups -OCH3 is 3. The van der Waals surface area contributed by atoms with Crippen LogP contribution in [0.15, 0.2) is 47.4 Å². The third-order valence-electron chi connectivity index (χ3n) is 5.56. The Hall–Kier alpha value is -3.44. The Labute approximate surface area is 197 Å². The summed E-state index contributed by atoms with van der Waals surface area (Å²) in [7, 11) is 0.228. The van der Waals surface area contributed by atoms with Crippen LogP contribution >= 0.6 is 0 Å². The molecule has 1 fully saturated rings. The van der Waals surface area contributed by atoms with Crippen LogP contribution in [0.25, 0.3) is 0 Å². The smallest absolute Gasteiger partial charge is 0.337 e. The van der Waals surface area contributed by atoms with Crippen LogP contribution in [0.1, 0.15) is 33.6 Å². The minimum Gasteiger partial charge on any atom is -0.497 e. The maximum atomic E-state index is 12.9. The number of anilines is 1. The predicted molar refractivity (Wildman–Crippen MR) is 122 cm³/mol. The molecule has 2 aromatic rings. The highest BCUT2D eigenvalue weighted by Gasteiger charge is 2.32. The highest BCUT2D eigenvalue weighted by Crippen LogP contribution is 2.26. The van der Waals surface area contributed by atoms with Crippen LogP contribution in [0.2, 0.25) is 0 Å². The Morgan fingerprint density at radius 3 is 1.88 bits per heavy atom. The Balaban J connectivity index is 1.68. The molecular weight excluding hydrogens is 464 g/mol. The molecule has 0 unspecified atom stereocenters. The van der Waals surface area contributed by atoms with Crippen molar-refractivity contribution < 1.29 is 37.0 Å².